The number of nitrogens with zero attached hydrogens (tertiary/aromatic N) is 2. The lowest BCUT2D eigenvalue weighted by Crippen LogP contribution is -2.48. The van der Waals surface area contributed by atoms with E-state index in [1.807, 2.05) is 0 Å². The van der Waals surface area contributed by atoms with Crippen LogP contribution in [0.15, 0.2) is 49.1 Å². The van der Waals surface area contributed by atoms with E-state index in [0.29, 0.717) is 11.3 Å². The average Bonchev–Trinajstić information content (AvgIpc) is 2.71. The van der Waals surface area contributed by atoms with E-state index in [0.717, 1.165) is 0 Å². The first-order valence-electron chi connectivity index (χ1n) is 8.41. The molecule has 2 aromatic heterocycles. The normalized spacial score (nSPS) is 11.0. The summed E-state index contributed by atoms with van der Waals surface area (Å²) >= 11 is 0. The predicted octanol–water partition coefficient (Wildman–Crippen LogP) is -0.534. The number of carbonyl (C=O) groups excluding carboxylic acids is 4. The summed E-state index contributed by atoms with van der Waals surface area (Å²) < 4.78 is 0. The molecular weight excluding hydrogens is 364 g/mol. The van der Waals surface area contributed by atoms with Crippen LogP contribution in [-0.4, -0.2) is 52.7 Å². The van der Waals surface area contributed by atoms with E-state index in [2.05, 4.69) is 31.2 Å². The Kier molecular flexibility index (Phi) is 7.58. The Labute approximate surface area is 161 Å². The van der Waals surface area contributed by atoms with Gasteiger partial charge in [-0.2, -0.15) is 0 Å². The van der Waals surface area contributed by atoms with Crippen LogP contribution in [0.1, 0.15) is 17.3 Å². The molecule has 0 aliphatic heterocycles. The molecule has 28 heavy (non-hydrogen) atoms. The first-order chi connectivity index (χ1) is 13.5. The molecule has 0 aliphatic carbocycles. The fraction of sp³-hybridized carbons (Fsp3) is 0.222. The minimum absolute atomic E-state index is 0.253. The molecule has 0 saturated heterocycles. The number of pyridine rings is 2. The highest BCUT2D eigenvalue weighted by atomic mass is 16.2. The molecule has 10 heteroatoms. The van der Waals surface area contributed by atoms with Crippen LogP contribution in [0.5, 0.6) is 0 Å². The van der Waals surface area contributed by atoms with E-state index < -0.39 is 29.7 Å². The Hall–Kier alpha value is -3.82. The molecule has 0 radical (unpaired) electrons. The summed E-state index contributed by atoms with van der Waals surface area (Å²) in [5.74, 6) is -1.95. The van der Waals surface area contributed by atoms with E-state index in [-0.39, 0.29) is 13.1 Å². The third kappa shape index (κ3) is 6.83. The third-order valence-electron chi connectivity index (χ3n) is 3.48. The van der Waals surface area contributed by atoms with Gasteiger partial charge in [0.1, 0.15) is 6.04 Å². The first-order valence-corrected chi connectivity index (χ1v) is 8.41. The average molecular weight is 384 g/mol. The Balaban J connectivity index is 1.67. The minimum Gasteiger partial charge on any atom is -0.345 e. The minimum atomic E-state index is -0.852. The molecule has 0 spiro atoms. The van der Waals surface area contributed by atoms with E-state index in [1.54, 1.807) is 30.5 Å². The van der Waals surface area contributed by atoms with Crippen LogP contribution in [-0.2, 0) is 14.4 Å². The van der Waals surface area contributed by atoms with Crippen LogP contribution in [0, 0.1) is 0 Å². The number of amides is 4. The van der Waals surface area contributed by atoms with Gasteiger partial charge in [0.05, 0.1) is 30.5 Å². The van der Waals surface area contributed by atoms with Gasteiger partial charge in [-0.1, -0.05) is 0 Å². The van der Waals surface area contributed by atoms with Gasteiger partial charge in [-0.3, -0.25) is 29.1 Å². The van der Waals surface area contributed by atoms with Crippen molar-refractivity contribution >= 4 is 29.3 Å². The maximum Gasteiger partial charge on any atom is 0.253 e. The van der Waals surface area contributed by atoms with Crippen LogP contribution < -0.4 is 21.3 Å². The zero-order valence-electron chi connectivity index (χ0n) is 15.1. The maximum atomic E-state index is 12.0. The molecule has 0 unspecified atom stereocenters. The van der Waals surface area contributed by atoms with Gasteiger partial charge < -0.3 is 21.3 Å². The number of rotatable bonds is 8. The van der Waals surface area contributed by atoms with Crippen molar-refractivity contribution in [2.75, 3.05) is 18.4 Å². The van der Waals surface area contributed by atoms with E-state index >= 15 is 0 Å². The predicted molar refractivity (Wildman–Crippen MR) is 100 cm³/mol. The number of hydrogen-bond acceptors (Lipinski definition) is 6. The Morgan fingerprint density at radius 2 is 1.61 bits per heavy atom. The van der Waals surface area contributed by atoms with Gasteiger partial charge in [0.15, 0.2) is 0 Å². The highest BCUT2D eigenvalue weighted by Crippen LogP contribution is 2.01. The molecule has 2 aromatic rings. The molecule has 0 aromatic carbocycles. The molecule has 4 amide bonds. The van der Waals surface area contributed by atoms with Crippen molar-refractivity contribution in [1.29, 1.82) is 0 Å². The molecule has 2 heterocycles. The lowest BCUT2D eigenvalue weighted by molar-refractivity contribution is -0.127. The molecule has 146 valence electrons. The second-order valence-corrected chi connectivity index (χ2v) is 5.72. The fourth-order valence-corrected chi connectivity index (χ4v) is 2.05. The second-order valence-electron chi connectivity index (χ2n) is 5.72. The monoisotopic (exact) mass is 384 g/mol. The molecule has 0 aliphatic rings. The summed E-state index contributed by atoms with van der Waals surface area (Å²) in [6.45, 7) is 0.909. The fourth-order valence-electron chi connectivity index (χ4n) is 2.05. The number of nitrogens with one attached hydrogen (secondary N) is 4. The number of hydrogen-bond donors (Lipinski definition) is 4. The molecule has 0 fully saturated rings. The summed E-state index contributed by atoms with van der Waals surface area (Å²) in [6.07, 6.45) is 5.95. The van der Waals surface area contributed by atoms with Crippen LogP contribution >= 0.6 is 0 Å². The number of anilines is 1. The van der Waals surface area contributed by atoms with Crippen molar-refractivity contribution in [2.45, 2.75) is 13.0 Å². The van der Waals surface area contributed by atoms with Gasteiger partial charge >= 0.3 is 0 Å². The molecule has 0 bridgehead atoms. The first kappa shape index (κ1) is 20.5. The standard InChI is InChI=1S/C18H20N6O4/c1-12(23-18(28)13-4-2-6-19-8-13)17(27)22-10-15(25)21-11-16(26)24-14-5-3-7-20-9-14/h2-9,12H,10-11H2,1H3,(H,21,25)(H,22,27)(H,23,28)(H,24,26)/t12-/m0/s1. The van der Waals surface area contributed by atoms with Crippen molar-refractivity contribution < 1.29 is 19.2 Å². The van der Waals surface area contributed by atoms with Crippen molar-refractivity contribution in [3.05, 3.63) is 54.6 Å². The van der Waals surface area contributed by atoms with Gasteiger partial charge in [-0.05, 0) is 31.2 Å². The highest BCUT2D eigenvalue weighted by Gasteiger charge is 2.17. The quantitative estimate of drug-likeness (QED) is 0.482. The van der Waals surface area contributed by atoms with Gasteiger partial charge in [-0.15, -0.1) is 0 Å². The summed E-state index contributed by atoms with van der Waals surface area (Å²) in [6, 6.07) is 5.65. The Morgan fingerprint density at radius 1 is 0.929 bits per heavy atom. The lowest BCUT2D eigenvalue weighted by Gasteiger charge is -2.14. The summed E-state index contributed by atoms with van der Waals surface area (Å²) in [5.41, 5.74) is 0.827. The zero-order valence-corrected chi connectivity index (χ0v) is 15.1. The van der Waals surface area contributed by atoms with Crippen LogP contribution in [0.4, 0.5) is 5.69 Å². The topological polar surface area (TPSA) is 142 Å². The van der Waals surface area contributed by atoms with E-state index in [9.17, 15) is 19.2 Å². The molecule has 4 N–H and O–H groups in total. The zero-order chi connectivity index (χ0) is 20.4. The van der Waals surface area contributed by atoms with Crippen LogP contribution in [0.3, 0.4) is 0 Å². The second kappa shape index (κ2) is 10.4. The summed E-state index contributed by atoms with van der Waals surface area (Å²) in [4.78, 5) is 55.1. The van der Waals surface area contributed by atoms with Crippen molar-refractivity contribution in [1.82, 2.24) is 25.9 Å². The molecule has 1 atom stereocenters. The third-order valence-corrected chi connectivity index (χ3v) is 3.48. The molecular formula is C18H20N6O4. The molecule has 10 nitrogen and oxygen atoms in total. The number of carbonyl (C=O) groups is 4. The Bertz CT molecular complexity index is 828. The van der Waals surface area contributed by atoms with E-state index in [1.165, 1.54) is 25.5 Å². The van der Waals surface area contributed by atoms with Crippen LogP contribution in [0.25, 0.3) is 0 Å². The van der Waals surface area contributed by atoms with Crippen molar-refractivity contribution in [3.63, 3.8) is 0 Å². The van der Waals surface area contributed by atoms with Gasteiger partial charge in [-0.25, -0.2) is 0 Å². The SMILES string of the molecule is C[C@H](NC(=O)c1cccnc1)C(=O)NCC(=O)NCC(=O)Nc1cccnc1. The summed E-state index contributed by atoms with van der Waals surface area (Å²) in [5, 5.41) is 9.84. The van der Waals surface area contributed by atoms with Gasteiger partial charge in [0.25, 0.3) is 5.91 Å². The molecule has 0 saturated carbocycles. The van der Waals surface area contributed by atoms with Crippen molar-refractivity contribution in [2.24, 2.45) is 0 Å². The summed E-state index contributed by atoms with van der Waals surface area (Å²) in [7, 11) is 0. The maximum absolute atomic E-state index is 12.0. The molecule has 2 rings (SSSR count). The highest BCUT2D eigenvalue weighted by molar-refractivity contribution is 5.98. The van der Waals surface area contributed by atoms with Gasteiger partial charge in [0, 0.05) is 18.6 Å². The smallest absolute Gasteiger partial charge is 0.253 e. The lowest BCUT2D eigenvalue weighted by atomic mass is 10.2. The number of aromatic nitrogens is 2. The largest absolute Gasteiger partial charge is 0.345 e. The van der Waals surface area contributed by atoms with Gasteiger partial charge in [0.2, 0.25) is 17.7 Å². The Morgan fingerprint density at radius 3 is 2.25 bits per heavy atom. The van der Waals surface area contributed by atoms with Crippen molar-refractivity contribution in [3.8, 4) is 0 Å². The van der Waals surface area contributed by atoms with Crippen LogP contribution in [0.2, 0.25) is 0 Å². The van der Waals surface area contributed by atoms with E-state index in [4.69, 9.17) is 0 Å².